The monoisotopic (exact) mass is 206 g/mol. The van der Waals surface area contributed by atoms with Crippen LogP contribution in [0.15, 0.2) is 6.07 Å². The fraction of sp³-hybridized carbons (Fsp3) is 0.600. The molecule has 0 bridgehead atoms. The van der Waals surface area contributed by atoms with Crippen LogP contribution >= 0.6 is 0 Å². The van der Waals surface area contributed by atoms with Gasteiger partial charge in [0.25, 0.3) is 0 Å². The van der Waals surface area contributed by atoms with E-state index in [0.717, 1.165) is 31.5 Å². The second-order valence-electron chi connectivity index (χ2n) is 4.29. The van der Waals surface area contributed by atoms with Crippen molar-refractivity contribution in [3.8, 4) is 0 Å². The third kappa shape index (κ3) is 1.48. The second-order valence-corrected chi connectivity index (χ2v) is 4.29. The lowest BCUT2D eigenvalue weighted by Gasteiger charge is -2.18. The van der Waals surface area contributed by atoms with Crippen molar-refractivity contribution < 1.29 is 4.79 Å². The fourth-order valence-corrected chi connectivity index (χ4v) is 2.17. The van der Waals surface area contributed by atoms with Crippen LogP contribution in [0.2, 0.25) is 0 Å². The minimum absolute atomic E-state index is 0.180. The molecule has 80 valence electrons. The predicted octanol–water partition coefficient (Wildman–Crippen LogP) is 0.0124. The zero-order valence-corrected chi connectivity index (χ0v) is 8.52. The van der Waals surface area contributed by atoms with Gasteiger partial charge in [-0.1, -0.05) is 0 Å². The molecule has 15 heavy (non-hydrogen) atoms. The summed E-state index contributed by atoms with van der Waals surface area (Å²) in [6.07, 6.45) is 3.19. The maximum Gasteiger partial charge on any atom is 0.244 e. The molecule has 1 saturated carbocycles. The summed E-state index contributed by atoms with van der Waals surface area (Å²) in [5.74, 6) is 0.692. The van der Waals surface area contributed by atoms with Gasteiger partial charge in [0.2, 0.25) is 5.91 Å². The summed E-state index contributed by atoms with van der Waals surface area (Å²) < 4.78 is 1.74. The molecule has 5 heteroatoms. The van der Waals surface area contributed by atoms with Gasteiger partial charge in [-0.2, -0.15) is 5.10 Å². The molecule has 1 aromatic heterocycles. The molecule has 0 atom stereocenters. The van der Waals surface area contributed by atoms with Crippen LogP contribution in [0.5, 0.6) is 0 Å². The Morgan fingerprint density at radius 2 is 2.27 bits per heavy atom. The highest BCUT2D eigenvalue weighted by Crippen LogP contribution is 2.28. The Morgan fingerprint density at radius 1 is 1.47 bits per heavy atom. The summed E-state index contributed by atoms with van der Waals surface area (Å²) in [5, 5.41) is 4.12. The van der Waals surface area contributed by atoms with Crippen LogP contribution < -0.4 is 5.73 Å². The number of anilines is 1. The minimum atomic E-state index is 0.180. The Balaban J connectivity index is 1.86. The Bertz CT molecular complexity index is 408. The molecular formula is C10H14N4O. The summed E-state index contributed by atoms with van der Waals surface area (Å²) in [6.45, 7) is 1.16. The van der Waals surface area contributed by atoms with Crippen molar-refractivity contribution in [1.29, 1.82) is 0 Å². The molecule has 2 heterocycles. The molecule has 0 aromatic carbocycles. The first-order chi connectivity index (χ1) is 7.24. The topological polar surface area (TPSA) is 64.2 Å². The smallest absolute Gasteiger partial charge is 0.244 e. The van der Waals surface area contributed by atoms with Crippen LogP contribution in [-0.2, 0) is 17.8 Å². The molecule has 2 N–H and O–H groups in total. The van der Waals surface area contributed by atoms with Gasteiger partial charge in [-0.15, -0.1) is 0 Å². The molecule has 1 fully saturated rings. The number of nitrogens with zero attached hydrogens (tertiary/aromatic N) is 3. The average molecular weight is 206 g/mol. The molecule has 1 aliphatic heterocycles. The summed E-state index contributed by atoms with van der Waals surface area (Å²) in [7, 11) is 0. The van der Waals surface area contributed by atoms with Crippen LogP contribution in [-0.4, -0.2) is 33.2 Å². The lowest BCUT2D eigenvalue weighted by Crippen LogP contribution is -2.35. The molecule has 2 aliphatic rings. The molecule has 1 amide bonds. The zero-order valence-electron chi connectivity index (χ0n) is 8.52. The average Bonchev–Trinajstić information content (AvgIpc) is 2.94. The Kier molecular flexibility index (Phi) is 1.74. The van der Waals surface area contributed by atoms with Gasteiger partial charge in [0.1, 0.15) is 12.4 Å². The molecule has 0 radical (unpaired) electrons. The number of hydrogen-bond donors (Lipinski definition) is 1. The first-order valence-corrected chi connectivity index (χ1v) is 5.36. The van der Waals surface area contributed by atoms with E-state index in [0.29, 0.717) is 18.4 Å². The van der Waals surface area contributed by atoms with Crippen molar-refractivity contribution in [1.82, 2.24) is 14.7 Å². The van der Waals surface area contributed by atoms with Crippen LogP contribution in [0, 0.1) is 0 Å². The quantitative estimate of drug-likeness (QED) is 0.704. The number of aromatic nitrogens is 2. The van der Waals surface area contributed by atoms with Gasteiger partial charge in [0, 0.05) is 30.8 Å². The third-order valence-corrected chi connectivity index (χ3v) is 3.08. The van der Waals surface area contributed by atoms with Gasteiger partial charge >= 0.3 is 0 Å². The zero-order chi connectivity index (χ0) is 10.4. The van der Waals surface area contributed by atoms with Crippen LogP contribution in [0.4, 0.5) is 5.82 Å². The summed E-state index contributed by atoms with van der Waals surface area (Å²) in [4.78, 5) is 13.9. The van der Waals surface area contributed by atoms with E-state index >= 15 is 0 Å². The van der Waals surface area contributed by atoms with Crippen molar-refractivity contribution in [3.05, 3.63) is 11.8 Å². The van der Waals surface area contributed by atoms with Crippen molar-refractivity contribution in [2.45, 2.75) is 31.8 Å². The van der Waals surface area contributed by atoms with Crippen molar-refractivity contribution in [3.63, 3.8) is 0 Å². The molecule has 0 unspecified atom stereocenters. The largest absolute Gasteiger partial charge is 0.382 e. The first-order valence-electron chi connectivity index (χ1n) is 5.36. The first kappa shape index (κ1) is 8.76. The van der Waals surface area contributed by atoms with Gasteiger partial charge in [0.05, 0.1) is 0 Å². The number of carbonyl (C=O) groups is 1. The number of nitrogen functional groups attached to an aromatic ring is 1. The summed E-state index contributed by atoms with van der Waals surface area (Å²) in [5.41, 5.74) is 6.68. The maximum atomic E-state index is 11.9. The number of fused-ring (bicyclic) bond motifs is 1. The highest BCUT2D eigenvalue weighted by atomic mass is 16.2. The van der Waals surface area contributed by atoms with Crippen molar-refractivity contribution in [2.24, 2.45) is 0 Å². The lowest BCUT2D eigenvalue weighted by molar-refractivity contribution is -0.132. The van der Waals surface area contributed by atoms with Gasteiger partial charge in [-0.05, 0) is 12.8 Å². The molecule has 5 nitrogen and oxygen atoms in total. The summed E-state index contributed by atoms with van der Waals surface area (Å²) >= 11 is 0. The molecule has 0 spiro atoms. The summed E-state index contributed by atoms with van der Waals surface area (Å²) in [6, 6.07) is 2.36. The standard InChI is InChI=1S/C10H14N4O/c11-9-5-8-3-4-13(7-1-2-7)10(15)6-14(8)12-9/h5,7H,1-4,6H2,(H2,11,12). The Hall–Kier alpha value is -1.52. The van der Waals surface area contributed by atoms with E-state index < -0.39 is 0 Å². The number of nitrogens with two attached hydrogens (primary N) is 1. The van der Waals surface area contributed by atoms with E-state index in [2.05, 4.69) is 5.10 Å². The van der Waals surface area contributed by atoms with Gasteiger partial charge < -0.3 is 10.6 Å². The highest BCUT2D eigenvalue weighted by molar-refractivity contribution is 5.77. The van der Waals surface area contributed by atoms with Crippen molar-refractivity contribution in [2.75, 3.05) is 12.3 Å². The number of rotatable bonds is 1. The number of amides is 1. The maximum absolute atomic E-state index is 11.9. The predicted molar refractivity (Wildman–Crippen MR) is 55.1 cm³/mol. The molecular weight excluding hydrogens is 192 g/mol. The minimum Gasteiger partial charge on any atom is -0.382 e. The van der Waals surface area contributed by atoms with E-state index in [1.165, 1.54) is 0 Å². The number of hydrogen-bond acceptors (Lipinski definition) is 3. The second kappa shape index (κ2) is 2.98. The Labute approximate surface area is 87.8 Å². The molecule has 0 saturated heterocycles. The van der Waals surface area contributed by atoms with Crippen molar-refractivity contribution >= 4 is 11.7 Å². The van der Waals surface area contributed by atoms with E-state index in [1.54, 1.807) is 4.68 Å². The van der Waals surface area contributed by atoms with E-state index in [1.807, 2.05) is 11.0 Å². The van der Waals surface area contributed by atoms with Gasteiger partial charge in [-0.25, -0.2) is 0 Å². The third-order valence-electron chi connectivity index (χ3n) is 3.08. The van der Waals surface area contributed by atoms with Crippen LogP contribution in [0.25, 0.3) is 0 Å². The highest BCUT2D eigenvalue weighted by Gasteiger charge is 2.34. The van der Waals surface area contributed by atoms with Gasteiger partial charge in [0.15, 0.2) is 0 Å². The lowest BCUT2D eigenvalue weighted by atomic mass is 10.3. The van der Waals surface area contributed by atoms with E-state index in [-0.39, 0.29) is 5.91 Å². The SMILES string of the molecule is Nc1cc2n(n1)CC(=O)N(C1CC1)CC2. The normalized spacial score (nSPS) is 21.3. The number of carbonyl (C=O) groups excluding carboxylic acids is 1. The van der Waals surface area contributed by atoms with Crippen LogP contribution in [0.1, 0.15) is 18.5 Å². The molecule has 1 aromatic rings. The fourth-order valence-electron chi connectivity index (χ4n) is 2.17. The van der Waals surface area contributed by atoms with E-state index in [9.17, 15) is 4.79 Å². The van der Waals surface area contributed by atoms with Gasteiger partial charge in [-0.3, -0.25) is 9.48 Å². The Morgan fingerprint density at radius 3 is 3.00 bits per heavy atom. The van der Waals surface area contributed by atoms with E-state index in [4.69, 9.17) is 5.73 Å². The molecule has 3 rings (SSSR count). The molecule has 1 aliphatic carbocycles. The van der Waals surface area contributed by atoms with Crippen LogP contribution in [0.3, 0.4) is 0 Å².